The molecule has 21 heavy (non-hydrogen) atoms. The average molecular weight is 278 g/mol. The van der Waals surface area contributed by atoms with Crippen LogP contribution in [0.1, 0.15) is 0 Å². The van der Waals surface area contributed by atoms with Crippen LogP contribution in [0, 0.1) is 0 Å². The fraction of sp³-hybridized carbons (Fsp3) is 0. The second-order valence-corrected chi connectivity index (χ2v) is 4.25. The molecule has 3 aromatic rings. The summed E-state index contributed by atoms with van der Waals surface area (Å²) in [5.74, 6) is 0.160. The predicted molar refractivity (Wildman–Crippen MR) is 79.2 cm³/mol. The van der Waals surface area contributed by atoms with E-state index in [1.54, 1.807) is 24.3 Å². The van der Waals surface area contributed by atoms with Crippen molar-refractivity contribution in [3.8, 4) is 0 Å². The number of isocyanates is 1. The lowest BCUT2D eigenvalue weighted by atomic mass is 10.2. The van der Waals surface area contributed by atoms with Crippen LogP contribution in [0.2, 0.25) is 0 Å². The van der Waals surface area contributed by atoms with Crippen LogP contribution in [0.4, 0.5) is 11.6 Å². The third-order valence-corrected chi connectivity index (χ3v) is 2.92. The molecule has 0 aliphatic rings. The SMILES string of the molecule is O=C=Nn1c(Nc2ccccc2)nc2ccccc2c1=O. The summed E-state index contributed by atoms with van der Waals surface area (Å²) in [7, 11) is 0. The third-order valence-electron chi connectivity index (χ3n) is 2.92. The number of nitrogens with one attached hydrogen (secondary N) is 1. The molecule has 1 N–H and O–H groups in total. The molecule has 0 bridgehead atoms. The van der Waals surface area contributed by atoms with Crippen LogP contribution in [0.5, 0.6) is 0 Å². The summed E-state index contributed by atoms with van der Waals surface area (Å²) in [5, 5.41) is 6.78. The van der Waals surface area contributed by atoms with Gasteiger partial charge in [0.2, 0.25) is 5.95 Å². The number of benzene rings is 2. The van der Waals surface area contributed by atoms with Gasteiger partial charge in [0.05, 0.1) is 10.9 Å². The lowest BCUT2D eigenvalue weighted by Gasteiger charge is -2.09. The van der Waals surface area contributed by atoms with Gasteiger partial charge in [0.25, 0.3) is 11.6 Å². The van der Waals surface area contributed by atoms with Gasteiger partial charge < -0.3 is 5.32 Å². The van der Waals surface area contributed by atoms with Crippen molar-refractivity contribution in [1.29, 1.82) is 0 Å². The third kappa shape index (κ3) is 2.43. The number of para-hydroxylation sites is 2. The minimum absolute atomic E-state index is 0.160. The molecule has 0 fully saturated rings. The van der Waals surface area contributed by atoms with E-state index >= 15 is 0 Å². The summed E-state index contributed by atoms with van der Waals surface area (Å²) in [6.07, 6.45) is 1.37. The van der Waals surface area contributed by atoms with E-state index in [-0.39, 0.29) is 5.95 Å². The Morgan fingerprint density at radius 2 is 1.76 bits per heavy atom. The number of anilines is 2. The molecule has 102 valence electrons. The normalized spacial score (nSPS) is 10.1. The van der Waals surface area contributed by atoms with Gasteiger partial charge in [-0.25, -0.2) is 9.78 Å². The number of rotatable bonds is 3. The van der Waals surface area contributed by atoms with Crippen molar-refractivity contribution in [3.05, 3.63) is 65.0 Å². The van der Waals surface area contributed by atoms with Crippen molar-refractivity contribution in [2.24, 2.45) is 5.10 Å². The Labute approximate surface area is 119 Å². The lowest BCUT2D eigenvalue weighted by Crippen LogP contribution is -2.20. The van der Waals surface area contributed by atoms with Gasteiger partial charge in [-0.05, 0) is 24.3 Å². The first-order chi connectivity index (χ1) is 10.3. The molecule has 2 aromatic carbocycles. The molecular formula is C15H10N4O2. The highest BCUT2D eigenvalue weighted by Gasteiger charge is 2.10. The van der Waals surface area contributed by atoms with Crippen LogP contribution in [0.3, 0.4) is 0 Å². The molecule has 6 nitrogen and oxygen atoms in total. The van der Waals surface area contributed by atoms with Crippen LogP contribution in [0.15, 0.2) is 64.5 Å². The summed E-state index contributed by atoms with van der Waals surface area (Å²) in [6.45, 7) is 0. The molecule has 3 rings (SSSR count). The van der Waals surface area contributed by atoms with E-state index in [0.29, 0.717) is 10.9 Å². The fourth-order valence-corrected chi connectivity index (χ4v) is 1.99. The Morgan fingerprint density at radius 1 is 1.05 bits per heavy atom. The first-order valence-electron chi connectivity index (χ1n) is 6.21. The van der Waals surface area contributed by atoms with Gasteiger partial charge in [-0.15, -0.1) is 0 Å². The van der Waals surface area contributed by atoms with Crippen molar-refractivity contribution in [2.75, 3.05) is 5.32 Å². The van der Waals surface area contributed by atoms with Crippen LogP contribution >= 0.6 is 0 Å². The fourth-order valence-electron chi connectivity index (χ4n) is 1.99. The van der Waals surface area contributed by atoms with Gasteiger partial charge in [0.15, 0.2) is 0 Å². The van der Waals surface area contributed by atoms with Gasteiger partial charge in [-0.2, -0.15) is 4.68 Å². The van der Waals surface area contributed by atoms with E-state index < -0.39 is 5.56 Å². The van der Waals surface area contributed by atoms with E-state index in [1.165, 1.54) is 6.08 Å². The average Bonchev–Trinajstić information content (AvgIpc) is 2.52. The second kappa shape index (κ2) is 5.40. The molecule has 6 heteroatoms. The zero-order valence-corrected chi connectivity index (χ0v) is 10.9. The van der Waals surface area contributed by atoms with Crippen LogP contribution in [0.25, 0.3) is 10.9 Å². The molecule has 1 aromatic heterocycles. The summed E-state index contributed by atoms with van der Waals surface area (Å²) in [4.78, 5) is 27.2. The minimum Gasteiger partial charge on any atom is -0.324 e. The summed E-state index contributed by atoms with van der Waals surface area (Å²) in [6, 6.07) is 16.1. The molecule has 0 aliphatic carbocycles. The standard InChI is InChI=1S/C15H10N4O2/c20-10-16-19-14(21)12-8-4-5-9-13(12)18-15(19)17-11-6-2-1-3-7-11/h1-9H,(H,17,18). The van der Waals surface area contributed by atoms with E-state index in [2.05, 4.69) is 15.4 Å². The molecular weight excluding hydrogens is 268 g/mol. The smallest absolute Gasteiger partial charge is 0.284 e. The Bertz CT molecular complexity index is 896. The zero-order chi connectivity index (χ0) is 14.7. The molecule has 0 saturated heterocycles. The summed E-state index contributed by atoms with van der Waals surface area (Å²) < 4.78 is 0.905. The molecule has 0 saturated carbocycles. The van der Waals surface area contributed by atoms with Gasteiger partial charge in [-0.3, -0.25) is 4.79 Å². The van der Waals surface area contributed by atoms with Crippen molar-refractivity contribution in [1.82, 2.24) is 9.66 Å². The maximum absolute atomic E-state index is 12.3. The van der Waals surface area contributed by atoms with E-state index in [1.807, 2.05) is 30.3 Å². The summed E-state index contributed by atoms with van der Waals surface area (Å²) in [5.41, 5.74) is 0.829. The predicted octanol–water partition coefficient (Wildman–Crippen LogP) is 2.24. The maximum Gasteiger partial charge on any atom is 0.284 e. The number of aromatic nitrogens is 2. The van der Waals surface area contributed by atoms with Crippen molar-refractivity contribution in [2.45, 2.75) is 0 Å². The molecule has 0 amide bonds. The van der Waals surface area contributed by atoms with Gasteiger partial charge in [-0.1, -0.05) is 35.4 Å². The van der Waals surface area contributed by atoms with Crippen LogP contribution in [-0.4, -0.2) is 15.7 Å². The quantitative estimate of drug-likeness (QED) is 0.589. The number of carbonyl (C=O) groups excluding carboxylic acids is 1. The van der Waals surface area contributed by atoms with Crippen molar-refractivity contribution < 1.29 is 4.79 Å². The number of fused-ring (bicyclic) bond motifs is 1. The van der Waals surface area contributed by atoms with E-state index in [9.17, 15) is 9.59 Å². The number of nitrogens with zero attached hydrogens (tertiary/aromatic N) is 3. The second-order valence-electron chi connectivity index (χ2n) is 4.25. The minimum atomic E-state index is -0.428. The van der Waals surface area contributed by atoms with E-state index in [0.717, 1.165) is 10.4 Å². The highest BCUT2D eigenvalue weighted by molar-refractivity contribution is 5.79. The van der Waals surface area contributed by atoms with Gasteiger partial charge in [0, 0.05) is 5.69 Å². The maximum atomic E-state index is 12.3. The number of hydrogen-bond donors (Lipinski definition) is 1. The lowest BCUT2D eigenvalue weighted by molar-refractivity contribution is 0.559. The Balaban J connectivity index is 2.23. The molecule has 0 spiro atoms. The van der Waals surface area contributed by atoms with Gasteiger partial charge >= 0.3 is 0 Å². The topological polar surface area (TPSA) is 76.3 Å². The Kier molecular flexibility index (Phi) is 3.29. The van der Waals surface area contributed by atoms with Crippen molar-refractivity contribution >= 4 is 28.6 Å². The molecule has 1 heterocycles. The Hall–Kier alpha value is -3.24. The number of hydrogen-bond acceptors (Lipinski definition) is 5. The highest BCUT2D eigenvalue weighted by Crippen LogP contribution is 2.16. The molecule has 0 unspecified atom stereocenters. The van der Waals surface area contributed by atoms with Crippen molar-refractivity contribution in [3.63, 3.8) is 0 Å². The van der Waals surface area contributed by atoms with Crippen LogP contribution < -0.4 is 10.9 Å². The molecule has 0 atom stereocenters. The van der Waals surface area contributed by atoms with Gasteiger partial charge in [0.1, 0.15) is 0 Å². The zero-order valence-electron chi connectivity index (χ0n) is 10.9. The first kappa shape index (κ1) is 12.8. The van der Waals surface area contributed by atoms with E-state index in [4.69, 9.17) is 0 Å². The van der Waals surface area contributed by atoms with Crippen LogP contribution in [-0.2, 0) is 4.79 Å². The first-order valence-corrected chi connectivity index (χ1v) is 6.21. The summed E-state index contributed by atoms with van der Waals surface area (Å²) >= 11 is 0. The Morgan fingerprint density at radius 3 is 2.52 bits per heavy atom. The molecule has 0 radical (unpaired) electrons. The largest absolute Gasteiger partial charge is 0.324 e. The molecule has 0 aliphatic heterocycles. The highest BCUT2D eigenvalue weighted by atomic mass is 16.1. The monoisotopic (exact) mass is 278 g/mol.